The summed E-state index contributed by atoms with van der Waals surface area (Å²) in [6.45, 7) is 3.42. The van der Waals surface area contributed by atoms with Crippen molar-refractivity contribution in [1.29, 1.82) is 0 Å². The van der Waals surface area contributed by atoms with E-state index < -0.39 is 10.0 Å². The van der Waals surface area contributed by atoms with Crippen LogP contribution in [0.4, 0.5) is 0 Å². The lowest BCUT2D eigenvalue weighted by Gasteiger charge is -2.20. The molecule has 0 amide bonds. The number of benzene rings is 1. The molecule has 0 saturated carbocycles. The van der Waals surface area contributed by atoms with Gasteiger partial charge >= 0.3 is 0 Å². The van der Waals surface area contributed by atoms with Crippen LogP contribution in [-0.2, 0) is 10.0 Å². The average molecular weight is 288 g/mol. The molecule has 0 N–H and O–H groups in total. The Kier molecular flexibility index (Phi) is 4.30. The molecule has 1 aliphatic heterocycles. The normalized spacial score (nSPS) is 22.7. The molecule has 2 rings (SSSR count). The third kappa shape index (κ3) is 3.05. The highest BCUT2D eigenvalue weighted by atomic mass is 35.5. The molecule has 1 aromatic carbocycles. The van der Waals surface area contributed by atoms with Crippen molar-refractivity contribution in [3.8, 4) is 0 Å². The molecular formula is C13H18ClNO2S. The van der Waals surface area contributed by atoms with Gasteiger partial charge in [0.2, 0.25) is 10.0 Å². The molecule has 1 fully saturated rings. The Balaban J connectivity index is 2.22. The standard InChI is InChI=1S/C13H18ClNO2S/c1-11-3-2-9-15(10-8-11)18(16,17)13-6-4-12(14)5-7-13/h4-7,11H,2-3,8-10H2,1H3. The van der Waals surface area contributed by atoms with Gasteiger partial charge in [-0.05, 0) is 49.4 Å². The first-order chi connectivity index (χ1) is 8.50. The van der Waals surface area contributed by atoms with E-state index in [0.717, 1.165) is 19.3 Å². The maximum absolute atomic E-state index is 12.4. The predicted molar refractivity (Wildman–Crippen MR) is 73.2 cm³/mol. The molecule has 5 heteroatoms. The van der Waals surface area contributed by atoms with Crippen molar-refractivity contribution in [1.82, 2.24) is 4.31 Å². The van der Waals surface area contributed by atoms with Crippen LogP contribution in [0.25, 0.3) is 0 Å². The Morgan fingerprint density at radius 3 is 2.50 bits per heavy atom. The monoisotopic (exact) mass is 287 g/mol. The van der Waals surface area contributed by atoms with Gasteiger partial charge in [-0.1, -0.05) is 18.5 Å². The summed E-state index contributed by atoms with van der Waals surface area (Å²) in [5.41, 5.74) is 0. The summed E-state index contributed by atoms with van der Waals surface area (Å²) in [6.07, 6.45) is 2.98. The second kappa shape index (κ2) is 5.59. The minimum absolute atomic E-state index is 0.335. The number of hydrogen-bond donors (Lipinski definition) is 0. The molecule has 0 bridgehead atoms. The number of sulfonamides is 1. The van der Waals surface area contributed by atoms with E-state index in [0.29, 0.717) is 28.9 Å². The van der Waals surface area contributed by atoms with E-state index in [1.54, 1.807) is 28.6 Å². The lowest BCUT2D eigenvalue weighted by molar-refractivity contribution is 0.417. The van der Waals surface area contributed by atoms with Gasteiger partial charge in [-0.15, -0.1) is 0 Å². The summed E-state index contributed by atoms with van der Waals surface area (Å²) < 4.78 is 26.5. The van der Waals surface area contributed by atoms with Crippen LogP contribution < -0.4 is 0 Å². The zero-order chi connectivity index (χ0) is 13.2. The van der Waals surface area contributed by atoms with E-state index in [2.05, 4.69) is 6.92 Å². The lowest BCUT2D eigenvalue weighted by atomic mass is 10.0. The summed E-state index contributed by atoms with van der Waals surface area (Å²) in [5.74, 6) is 0.607. The van der Waals surface area contributed by atoms with Crippen LogP contribution in [0.15, 0.2) is 29.2 Å². The number of nitrogens with zero attached hydrogens (tertiary/aromatic N) is 1. The molecule has 0 aromatic heterocycles. The number of hydrogen-bond acceptors (Lipinski definition) is 2. The van der Waals surface area contributed by atoms with E-state index >= 15 is 0 Å². The van der Waals surface area contributed by atoms with Crippen molar-refractivity contribution in [2.45, 2.75) is 31.1 Å². The Hall–Kier alpha value is -0.580. The second-order valence-electron chi connectivity index (χ2n) is 4.89. The first-order valence-corrected chi connectivity index (χ1v) is 8.07. The van der Waals surface area contributed by atoms with Gasteiger partial charge in [0, 0.05) is 18.1 Å². The third-order valence-corrected chi connectivity index (χ3v) is 5.59. The van der Waals surface area contributed by atoms with Crippen molar-refractivity contribution in [2.24, 2.45) is 5.92 Å². The number of rotatable bonds is 2. The van der Waals surface area contributed by atoms with Gasteiger partial charge in [-0.2, -0.15) is 4.31 Å². The SMILES string of the molecule is CC1CCCN(S(=O)(=O)c2ccc(Cl)cc2)CC1. The van der Waals surface area contributed by atoms with Gasteiger partial charge in [-0.3, -0.25) is 0 Å². The Labute approximate surface area is 114 Å². The first-order valence-electron chi connectivity index (χ1n) is 6.26. The van der Waals surface area contributed by atoms with Crippen LogP contribution in [-0.4, -0.2) is 25.8 Å². The molecule has 1 saturated heterocycles. The summed E-state index contributed by atoms with van der Waals surface area (Å²) in [6, 6.07) is 6.39. The van der Waals surface area contributed by atoms with Gasteiger partial charge in [0.05, 0.1) is 4.90 Å². The fraction of sp³-hybridized carbons (Fsp3) is 0.538. The zero-order valence-electron chi connectivity index (χ0n) is 10.5. The molecular weight excluding hydrogens is 270 g/mol. The van der Waals surface area contributed by atoms with Crippen LogP contribution in [0.1, 0.15) is 26.2 Å². The van der Waals surface area contributed by atoms with Crippen LogP contribution >= 0.6 is 11.6 Å². The molecule has 0 spiro atoms. The quantitative estimate of drug-likeness (QED) is 0.838. The fourth-order valence-corrected chi connectivity index (χ4v) is 3.85. The van der Waals surface area contributed by atoms with E-state index in [1.165, 1.54) is 0 Å². The van der Waals surface area contributed by atoms with Crippen LogP contribution in [0.3, 0.4) is 0 Å². The van der Waals surface area contributed by atoms with Crippen molar-refractivity contribution >= 4 is 21.6 Å². The summed E-state index contributed by atoms with van der Waals surface area (Å²) in [7, 11) is -3.35. The topological polar surface area (TPSA) is 37.4 Å². The maximum Gasteiger partial charge on any atom is 0.243 e. The number of halogens is 1. The highest BCUT2D eigenvalue weighted by molar-refractivity contribution is 7.89. The Morgan fingerprint density at radius 1 is 1.17 bits per heavy atom. The molecule has 1 aromatic rings. The molecule has 1 aliphatic rings. The highest BCUT2D eigenvalue weighted by Crippen LogP contribution is 2.23. The predicted octanol–water partition coefficient (Wildman–Crippen LogP) is 3.15. The molecule has 100 valence electrons. The van der Waals surface area contributed by atoms with Gasteiger partial charge in [0.25, 0.3) is 0 Å². The molecule has 3 nitrogen and oxygen atoms in total. The second-order valence-corrected chi connectivity index (χ2v) is 7.27. The molecule has 1 unspecified atom stereocenters. The van der Waals surface area contributed by atoms with E-state index in [4.69, 9.17) is 11.6 Å². The molecule has 1 heterocycles. The van der Waals surface area contributed by atoms with E-state index in [1.807, 2.05) is 0 Å². The molecule has 1 atom stereocenters. The van der Waals surface area contributed by atoms with Gasteiger partial charge in [-0.25, -0.2) is 8.42 Å². The summed E-state index contributed by atoms with van der Waals surface area (Å²) in [5, 5.41) is 0.554. The first kappa shape index (κ1) is 13.8. The molecule has 0 aliphatic carbocycles. The van der Waals surface area contributed by atoms with Gasteiger partial charge < -0.3 is 0 Å². The van der Waals surface area contributed by atoms with Crippen LogP contribution in [0.2, 0.25) is 5.02 Å². The van der Waals surface area contributed by atoms with Gasteiger partial charge in [0.15, 0.2) is 0 Å². The Morgan fingerprint density at radius 2 is 1.83 bits per heavy atom. The summed E-state index contributed by atoms with van der Waals surface area (Å²) >= 11 is 5.78. The average Bonchev–Trinajstić information content (AvgIpc) is 2.55. The van der Waals surface area contributed by atoms with E-state index in [9.17, 15) is 8.42 Å². The summed E-state index contributed by atoms with van der Waals surface area (Å²) in [4.78, 5) is 0.335. The van der Waals surface area contributed by atoms with Crippen molar-refractivity contribution in [2.75, 3.05) is 13.1 Å². The fourth-order valence-electron chi connectivity index (χ4n) is 2.23. The van der Waals surface area contributed by atoms with Crippen LogP contribution in [0, 0.1) is 5.92 Å². The third-order valence-electron chi connectivity index (χ3n) is 3.43. The Bertz CT molecular complexity index is 498. The van der Waals surface area contributed by atoms with Crippen molar-refractivity contribution in [3.63, 3.8) is 0 Å². The molecule has 0 radical (unpaired) electrons. The highest BCUT2D eigenvalue weighted by Gasteiger charge is 2.26. The lowest BCUT2D eigenvalue weighted by Crippen LogP contribution is -2.32. The van der Waals surface area contributed by atoms with E-state index in [-0.39, 0.29) is 0 Å². The molecule has 18 heavy (non-hydrogen) atoms. The zero-order valence-corrected chi connectivity index (χ0v) is 12.0. The van der Waals surface area contributed by atoms with Crippen molar-refractivity contribution < 1.29 is 8.42 Å². The smallest absolute Gasteiger partial charge is 0.207 e. The maximum atomic E-state index is 12.4. The minimum atomic E-state index is -3.35. The van der Waals surface area contributed by atoms with Crippen LogP contribution in [0.5, 0.6) is 0 Å². The minimum Gasteiger partial charge on any atom is -0.207 e. The van der Waals surface area contributed by atoms with Crippen molar-refractivity contribution in [3.05, 3.63) is 29.3 Å². The van der Waals surface area contributed by atoms with Gasteiger partial charge in [0.1, 0.15) is 0 Å². The largest absolute Gasteiger partial charge is 0.243 e.